The van der Waals surface area contributed by atoms with Crippen molar-refractivity contribution in [2.24, 2.45) is 0 Å². The second-order valence-electron chi connectivity index (χ2n) is 7.58. The fourth-order valence-electron chi connectivity index (χ4n) is 3.19. The Bertz CT molecular complexity index is 1330. The summed E-state index contributed by atoms with van der Waals surface area (Å²) in [5.74, 6) is 0.819. The minimum absolute atomic E-state index is 0.102. The Morgan fingerprint density at radius 1 is 1.25 bits per heavy atom. The number of pyridine rings is 1. The molecule has 0 radical (unpaired) electrons. The normalized spacial score (nSPS) is 14.7. The summed E-state index contributed by atoms with van der Waals surface area (Å²) in [6.45, 7) is 3.40. The molecule has 0 fully saturated rings. The van der Waals surface area contributed by atoms with E-state index in [9.17, 15) is 19.1 Å². The second kappa shape index (κ2) is 11.8. The van der Waals surface area contributed by atoms with E-state index in [2.05, 4.69) is 19.3 Å². The molecule has 6 N–H and O–H groups in total. The highest BCUT2D eigenvalue weighted by atomic mass is 32.1. The van der Waals surface area contributed by atoms with Crippen LogP contribution in [0.5, 0.6) is 0 Å². The SMILES string of the molecule is Cc1ncc(C[n+]2c(C(O)/C=C/c3cccnc3)sc(CCOP(=O)(O)OP(=O)(O)O)c2C)c(N)n1. The molecule has 3 aromatic rings. The van der Waals surface area contributed by atoms with Crippen LogP contribution in [-0.2, 0) is 30.9 Å². The Hall–Kier alpha value is -2.38. The third-order valence-electron chi connectivity index (χ3n) is 4.85. The zero-order valence-corrected chi connectivity index (χ0v) is 21.9. The van der Waals surface area contributed by atoms with Crippen molar-refractivity contribution in [1.29, 1.82) is 0 Å². The number of aliphatic hydroxyl groups is 1. The molecular weight excluding hydrogens is 532 g/mol. The van der Waals surface area contributed by atoms with Crippen LogP contribution < -0.4 is 10.3 Å². The van der Waals surface area contributed by atoms with Crippen LogP contribution in [0.2, 0.25) is 0 Å². The molecule has 0 saturated heterocycles. The van der Waals surface area contributed by atoms with E-state index in [-0.39, 0.29) is 19.6 Å². The van der Waals surface area contributed by atoms with Crippen molar-refractivity contribution in [3.63, 3.8) is 0 Å². The Balaban J connectivity index is 1.87. The number of phosphoric ester groups is 1. The molecule has 36 heavy (non-hydrogen) atoms. The Kier molecular flexibility index (Phi) is 9.23. The molecular formula is C20H26N5O8P2S+. The first-order valence-corrected chi connectivity index (χ1v) is 14.3. The lowest BCUT2D eigenvalue weighted by Gasteiger charge is -2.11. The number of nitrogens with two attached hydrogens (primary N) is 1. The van der Waals surface area contributed by atoms with Crippen molar-refractivity contribution in [1.82, 2.24) is 15.0 Å². The van der Waals surface area contributed by atoms with Gasteiger partial charge in [-0.1, -0.05) is 23.5 Å². The fraction of sp³-hybridized carbons (Fsp3) is 0.300. The van der Waals surface area contributed by atoms with Gasteiger partial charge in [0.05, 0.1) is 17.0 Å². The molecule has 16 heteroatoms. The van der Waals surface area contributed by atoms with Crippen molar-refractivity contribution >= 4 is 38.9 Å². The maximum absolute atomic E-state index is 11.7. The molecule has 0 aliphatic carbocycles. The number of aromatic nitrogens is 4. The molecule has 194 valence electrons. The van der Waals surface area contributed by atoms with Gasteiger partial charge in [0.2, 0.25) is 0 Å². The number of anilines is 1. The largest absolute Gasteiger partial charge is 0.481 e. The van der Waals surface area contributed by atoms with Crippen molar-refractivity contribution in [2.75, 3.05) is 12.3 Å². The molecule has 3 rings (SSSR count). The van der Waals surface area contributed by atoms with Crippen LogP contribution in [0.25, 0.3) is 6.08 Å². The van der Waals surface area contributed by atoms with Crippen LogP contribution in [0, 0.1) is 13.8 Å². The number of rotatable bonds is 11. The van der Waals surface area contributed by atoms with Crippen LogP contribution in [0.15, 0.2) is 36.8 Å². The Labute approximate surface area is 210 Å². The number of hydrogen-bond donors (Lipinski definition) is 5. The average Bonchev–Trinajstić information content (AvgIpc) is 3.08. The number of phosphoric acid groups is 2. The lowest BCUT2D eigenvalue weighted by atomic mass is 10.2. The van der Waals surface area contributed by atoms with Gasteiger partial charge in [-0.2, -0.15) is 8.88 Å². The van der Waals surface area contributed by atoms with Gasteiger partial charge in [0.15, 0.2) is 18.3 Å². The van der Waals surface area contributed by atoms with E-state index in [1.165, 1.54) is 11.3 Å². The predicted octanol–water partition coefficient (Wildman–Crippen LogP) is 1.98. The molecule has 0 aromatic carbocycles. The number of aliphatic hydroxyl groups excluding tert-OH is 1. The molecule has 0 aliphatic heterocycles. The van der Waals surface area contributed by atoms with Gasteiger partial charge in [-0.05, 0) is 24.6 Å². The van der Waals surface area contributed by atoms with Gasteiger partial charge in [-0.15, -0.1) is 0 Å². The summed E-state index contributed by atoms with van der Waals surface area (Å²) >= 11 is 1.24. The standard InChI is InChI=1S/C20H25N5O8P2S/c1-13-18(7-9-32-35(30,31)33-34(27,28)29)36-20(17(26)6-5-15-4-3-8-22-10-15)25(13)12-16-11-23-14(2)24-19(16)21/h3-6,8,10-11,17,26H,7,9,12H2,1-2H3,(H4-,21,23,24,27,28,29,30,31)/p+1/b6-5+. The first-order chi connectivity index (χ1) is 16.8. The molecule has 0 spiro atoms. The summed E-state index contributed by atoms with van der Waals surface area (Å²) in [4.78, 5) is 40.1. The van der Waals surface area contributed by atoms with E-state index >= 15 is 0 Å². The number of hydrogen-bond acceptors (Lipinski definition) is 10. The van der Waals surface area contributed by atoms with E-state index in [0.717, 1.165) is 11.3 Å². The fourth-order valence-corrected chi connectivity index (χ4v) is 5.99. The van der Waals surface area contributed by atoms with Crippen LogP contribution in [0.3, 0.4) is 0 Å². The molecule has 3 aromatic heterocycles. The van der Waals surface area contributed by atoms with Crippen molar-refractivity contribution in [3.8, 4) is 0 Å². The number of nitrogen functional groups attached to an aromatic ring is 1. The van der Waals surface area contributed by atoms with Crippen molar-refractivity contribution in [3.05, 3.63) is 69.3 Å². The lowest BCUT2D eigenvalue weighted by molar-refractivity contribution is -0.699. The maximum atomic E-state index is 11.7. The predicted molar refractivity (Wildman–Crippen MR) is 130 cm³/mol. The van der Waals surface area contributed by atoms with Crippen molar-refractivity contribution in [2.45, 2.75) is 32.9 Å². The molecule has 2 unspecified atom stereocenters. The first kappa shape index (κ1) is 28.2. The van der Waals surface area contributed by atoms with Gasteiger partial charge < -0.3 is 25.5 Å². The van der Waals surface area contributed by atoms with E-state index in [1.807, 2.05) is 10.6 Å². The van der Waals surface area contributed by atoms with Gasteiger partial charge in [0, 0.05) is 31.9 Å². The van der Waals surface area contributed by atoms with Crippen LogP contribution in [0.1, 0.15) is 38.6 Å². The highest BCUT2D eigenvalue weighted by molar-refractivity contribution is 7.60. The molecule has 0 aliphatic rings. The number of thiazole rings is 1. The van der Waals surface area contributed by atoms with Gasteiger partial charge in [0.25, 0.3) is 5.01 Å². The monoisotopic (exact) mass is 558 g/mol. The Morgan fingerprint density at radius 2 is 2.00 bits per heavy atom. The van der Waals surface area contributed by atoms with Gasteiger partial charge in [-0.25, -0.2) is 19.1 Å². The molecule has 0 saturated carbocycles. The summed E-state index contributed by atoms with van der Waals surface area (Å²) < 4.78 is 32.9. The summed E-state index contributed by atoms with van der Waals surface area (Å²) in [5.41, 5.74) is 8.21. The topological polar surface area (TPSA) is 202 Å². The average molecular weight is 558 g/mol. The molecule has 3 heterocycles. The molecule has 13 nitrogen and oxygen atoms in total. The second-order valence-corrected chi connectivity index (χ2v) is 11.5. The van der Waals surface area contributed by atoms with E-state index in [4.69, 9.17) is 20.0 Å². The van der Waals surface area contributed by atoms with Crippen molar-refractivity contribution < 1.29 is 42.3 Å². The maximum Gasteiger partial charge on any atom is 0.481 e. The smallest absolute Gasteiger partial charge is 0.383 e. The summed E-state index contributed by atoms with van der Waals surface area (Å²) in [5, 5.41) is 11.5. The third kappa shape index (κ3) is 8.07. The first-order valence-electron chi connectivity index (χ1n) is 10.4. The summed E-state index contributed by atoms with van der Waals surface area (Å²) in [7, 11) is -10.2. The number of nitrogens with zero attached hydrogens (tertiary/aromatic N) is 4. The van der Waals surface area contributed by atoms with Gasteiger partial charge >= 0.3 is 15.6 Å². The minimum atomic E-state index is -5.21. The third-order valence-corrected chi connectivity index (χ3v) is 8.45. The van der Waals surface area contributed by atoms with Gasteiger partial charge in [0.1, 0.15) is 11.6 Å². The van der Waals surface area contributed by atoms with E-state index < -0.39 is 21.7 Å². The summed E-state index contributed by atoms with van der Waals surface area (Å²) in [6, 6.07) is 3.61. The molecule has 0 amide bonds. The van der Waals surface area contributed by atoms with Gasteiger partial charge in [-0.3, -0.25) is 9.51 Å². The van der Waals surface area contributed by atoms with Crippen LogP contribution in [-0.4, -0.2) is 41.3 Å². The molecule has 2 atom stereocenters. The number of aryl methyl sites for hydroxylation is 1. The minimum Gasteiger partial charge on any atom is -0.383 e. The van der Waals surface area contributed by atoms with Crippen LogP contribution in [0.4, 0.5) is 5.82 Å². The van der Waals surface area contributed by atoms with E-state index in [1.54, 1.807) is 50.7 Å². The zero-order valence-electron chi connectivity index (χ0n) is 19.3. The van der Waals surface area contributed by atoms with Crippen LogP contribution >= 0.6 is 27.0 Å². The lowest BCUT2D eigenvalue weighted by Crippen LogP contribution is -2.40. The zero-order chi connectivity index (χ0) is 26.5. The quantitative estimate of drug-likeness (QED) is 0.169. The highest BCUT2D eigenvalue weighted by Gasteiger charge is 2.33. The molecule has 0 bridgehead atoms. The Morgan fingerprint density at radius 3 is 2.64 bits per heavy atom. The summed E-state index contributed by atoms with van der Waals surface area (Å²) in [6.07, 6.45) is 7.31. The highest BCUT2D eigenvalue weighted by Crippen LogP contribution is 2.57. The van der Waals surface area contributed by atoms with E-state index in [0.29, 0.717) is 27.1 Å².